The van der Waals surface area contributed by atoms with Crippen molar-refractivity contribution in [2.45, 2.75) is 58.5 Å². The largest absolute Gasteiger partial charge is 0.492 e. The van der Waals surface area contributed by atoms with Crippen molar-refractivity contribution in [3.05, 3.63) is 24.3 Å². The molecule has 5 nitrogen and oxygen atoms in total. The monoisotopic (exact) mass is 362 g/mol. The molecule has 0 aliphatic carbocycles. The van der Waals surface area contributed by atoms with E-state index in [0.29, 0.717) is 19.6 Å². The number of hydrogen-bond acceptors (Lipinski definition) is 4. The molecule has 0 unspecified atom stereocenters. The lowest BCUT2D eigenvalue weighted by Gasteiger charge is -2.28. The average molecular weight is 363 g/mol. The van der Waals surface area contributed by atoms with E-state index in [2.05, 4.69) is 17.1 Å². The van der Waals surface area contributed by atoms with Crippen molar-refractivity contribution >= 4 is 11.6 Å². The average Bonchev–Trinajstić information content (AvgIpc) is 3.15. The minimum Gasteiger partial charge on any atom is -0.492 e. The number of benzene rings is 1. The van der Waals surface area contributed by atoms with Gasteiger partial charge in [0.05, 0.1) is 0 Å². The molecule has 1 aromatic rings. The van der Waals surface area contributed by atoms with Crippen molar-refractivity contribution in [3.8, 4) is 5.75 Å². The van der Waals surface area contributed by atoms with Gasteiger partial charge in [0.25, 0.3) is 5.91 Å². The van der Waals surface area contributed by atoms with Gasteiger partial charge in [-0.1, -0.05) is 20.3 Å². The van der Waals surface area contributed by atoms with E-state index in [1.165, 1.54) is 25.9 Å². The first-order valence-corrected chi connectivity index (χ1v) is 9.98. The van der Waals surface area contributed by atoms with Crippen molar-refractivity contribution in [3.63, 3.8) is 0 Å². The van der Waals surface area contributed by atoms with Crippen LogP contribution in [0.25, 0.3) is 0 Å². The standard InChI is InChI=1S/C21H34N2O3/c1-4-12-21(3,26-16-5-2)20(24)22-18-8-10-19(11-9-18)25-17-15-23-13-6-7-14-23/h8-11H,4-7,12-17H2,1-3H3,(H,22,24)/t21-/m0/s1. The first-order valence-electron chi connectivity index (χ1n) is 9.98. The minimum atomic E-state index is -0.782. The van der Waals surface area contributed by atoms with E-state index in [1.54, 1.807) is 0 Å². The van der Waals surface area contributed by atoms with E-state index in [9.17, 15) is 4.79 Å². The Morgan fingerprint density at radius 1 is 1.12 bits per heavy atom. The zero-order chi connectivity index (χ0) is 18.8. The maximum atomic E-state index is 12.7. The Morgan fingerprint density at radius 2 is 1.81 bits per heavy atom. The van der Waals surface area contributed by atoms with Crippen LogP contribution in [-0.4, -0.2) is 49.3 Å². The molecule has 1 N–H and O–H groups in total. The van der Waals surface area contributed by atoms with Crippen LogP contribution in [0.15, 0.2) is 24.3 Å². The molecule has 26 heavy (non-hydrogen) atoms. The van der Waals surface area contributed by atoms with Crippen LogP contribution >= 0.6 is 0 Å². The molecule has 0 aromatic heterocycles. The Labute approximate surface area is 158 Å². The summed E-state index contributed by atoms with van der Waals surface area (Å²) in [6.07, 6.45) is 5.10. The summed E-state index contributed by atoms with van der Waals surface area (Å²) < 4.78 is 11.6. The molecule has 5 heteroatoms. The molecule has 1 aliphatic heterocycles. The third-order valence-corrected chi connectivity index (χ3v) is 4.82. The first kappa shape index (κ1) is 20.7. The molecule has 0 radical (unpaired) electrons. The van der Waals surface area contributed by atoms with Gasteiger partial charge in [0.1, 0.15) is 18.0 Å². The van der Waals surface area contributed by atoms with Crippen molar-refractivity contribution in [1.29, 1.82) is 0 Å². The second kappa shape index (κ2) is 10.5. The molecule has 0 saturated carbocycles. The summed E-state index contributed by atoms with van der Waals surface area (Å²) in [6, 6.07) is 7.58. The number of nitrogens with zero attached hydrogens (tertiary/aromatic N) is 1. The summed E-state index contributed by atoms with van der Waals surface area (Å²) in [5.74, 6) is 0.747. The Balaban J connectivity index is 1.83. The maximum absolute atomic E-state index is 12.7. The first-order chi connectivity index (χ1) is 12.6. The van der Waals surface area contributed by atoms with Crippen molar-refractivity contribution in [2.75, 3.05) is 38.2 Å². The zero-order valence-electron chi connectivity index (χ0n) is 16.6. The molecule has 1 aromatic carbocycles. The SMILES string of the molecule is CCCO[C@@](C)(CCC)C(=O)Nc1ccc(OCCN2CCCC2)cc1. The Hall–Kier alpha value is -1.59. The molecule has 1 aliphatic rings. The zero-order valence-corrected chi connectivity index (χ0v) is 16.6. The van der Waals surface area contributed by atoms with Crippen molar-refractivity contribution in [1.82, 2.24) is 4.90 Å². The third kappa shape index (κ3) is 6.29. The fraction of sp³-hybridized carbons (Fsp3) is 0.667. The van der Waals surface area contributed by atoms with Gasteiger partial charge in [0, 0.05) is 18.8 Å². The fourth-order valence-corrected chi connectivity index (χ4v) is 3.25. The maximum Gasteiger partial charge on any atom is 0.256 e. The lowest BCUT2D eigenvalue weighted by molar-refractivity contribution is -0.140. The smallest absolute Gasteiger partial charge is 0.256 e. The summed E-state index contributed by atoms with van der Waals surface area (Å²) in [6.45, 7) is 10.6. The predicted molar refractivity (Wildman–Crippen MR) is 106 cm³/mol. The van der Waals surface area contributed by atoms with Crippen LogP contribution in [0.5, 0.6) is 5.75 Å². The van der Waals surface area contributed by atoms with Gasteiger partial charge in [-0.15, -0.1) is 0 Å². The summed E-state index contributed by atoms with van der Waals surface area (Å²) >= 11 is 0. The molecule has 1 amide bonds. The molecular weight excluding hydrogens is 328 g/mol. The van der Waals surface area contributed by atoms with Crippen LogP contribution in [0.2, 0.25) is 0 Å². The van der Waals surface area contributed by atoms with Gasteiger partial charge in [0.15, 0.2) is 0 Å². The van der Waals surface area contributed by atoms with Crippen molar-refractivity contribution in [2.24, 2.45) is 0 Å². The van der Waals surface area contributed by atoms with Crippen LogP contribution in [-0.2, 0) is 9.53 Å². The Morgan fingerprint density at radius 3 is 2.42 bits per heavy atom. The summed E-state index contributed by atoms with van der Waals surface area (Å²) in [7, 11) is 0. The van der Waals surface area contributed by atoms with Crippen LogP contribution in [0.1, 0.15) is 52.9 Å². The van der Waals surface area contributed by atoms with Crippen LogP contribution in [0.4, 0.5) is 5.69 Å². The van der Waals surface area contributed by atoms with E-state index < -0.39 is 5.60 Å². The van der Waals surface area contributed by atoms with Crippen LogP contribution in [0.3, 0.4) is 0 Å². The normalized spacial score (nSPS) is 17.0. The minimum absolute atomic E-state index is 0.0875. The molecular formula is C21H34N2O3. The molecule has 1 saturated heterocycles. The van der Waals surface area contributed by atoms with E-state index in [-0.39, 0.29) is 5.91 Å². The number of likely N-dealkylation sites (tertiary alicyclic amines) is 1. The number of rotatable bonds is 11. The highest BCUT2D eigenvalue weighted by Crippen LogP contribution is 2.22. The Bertz CT molecular complexity index is 541. The second-order valence-corrected chi connectivity index (χ2v) is 7.21. The highest BCUT2D eigenvalue weighted by Gasteiger charge is 2.33. The lowest BCUT2D eigenvalue weighted by Crippen LogP contribution is -2.43. The molecule has 1 atom stereocenters. The van der Waals surface area contributed by atoms with E-state index >= 15 is 0 Å². The number of carbonyl (C=O) groups excluding carboxylic acids is 1. The predicted octanol–water partition coefficient (Wildman–Crippen LogP) is 4.09. The third-order valence-electron chi connectivity index (χ3n) is 4.82. The topological polar surface area (TPSA) is 50.8 Å². The molecule has 1 fully saturated rings. The molecule has 1 heterocycles. The summed E-state index contributed by atoms with van der Waals surface area (Å²) in [4.78, 5) is 15.1. The number of ether oxygens (including phenoxy) is 2. The molecule has 0 bridgehead atoms. The highest BCUT2D eigenvalue weighted by atomic mass is 16.5. The number of carbonyl (C=O) groups is 1. The number of amides is 1. The molecule has 146 valence electrons. The summed E-state index contributed by atoms with van der Waals surface area (Å²) in [5, 5.41) is 2.98. The van der Waals surface area contributed by atoms with E-state index in [0.717, 1.165) is 30.8 Å². The highest BCUT2D eigenvalue weighted by molar-refractivity contribution is 5.97. The number of nitrogens with one attached hydrogen (secondary N) is 1. The molecule has 2 rings (SSSR count). The van der Waals surface area contributed by atoms with Gasteiger partial charge >= 0.3 is 0 Å². The lowest BCUT2D eigenvalue weighted by atomic mass is 9.99. The second-order valence-electron chi connectivity index (χ2n) is 7.21. The van der Waals surface area contributed by atoms with Crippen LogP contribution < -0.4 is 10.1 Å². The van der Waals surface area contributed by atoms with E-state index in [4.69, 9.17) is 9.47 Å². The van der Waals surface area contributed by atoms with Crippen molar-refractivity contribution < 1.29 is 14.3 Å². The van der Waals surface area contributed by atoms with Gasteiger partial charge in [-0.2, -0.15) is 0 Å². The number of hydrogen-bond donors (Lipinski definition) is 1. The van der Waals surface area contributed by atoms with E-state index in [1.807, 2.05) is 38.1 Å². The quantitative estimate of drug-likeness (QED) is 0.644. The molecule has 0 spiro atoms. The fourth-order valence-electron chi connectivity index (χ4n) is 3.25. The summed E-state index contributed by atoms with van der Waals surface area (Å²) in [5.41, 5.74) is -0.0142. The van der Waals surface area contributed by atoms with Gasteiger partial charge in [-0.05, 0) is 70.0 Å². The van der Waals surface area contributed by atoms with Gasteiger partial charge in [-0.3, -0.25) is 9.69 Å². The number of anilines is 1. The van der Waals surface area contributed by atoms with Gasteiger partial charge < -0.3 is 14.8 Å². The van der Waals surface area contributed by atoms with Gasteiger partial charge in [-0.25, -0.2) is 0 Å². The van der Waals surface area contributed by atoms with Crippen LogP contribution in [0, 0.1) is 0 Å². The Kier molecular flexibility index (Phi) is 8.39. The van der Waals surface area contributed by atoms with Gasteiger partial charge in [0.2, 0.25) is 0 Å².